The fourth-order valence-corrected chi connectivity index (χ4v) is 1.96. The van der Waals surface area contributed by atoms with Gasteiger partial charge in [0.15, 0.2) is 0 Å². The van der Waals surface area contributed by atoms with E-state index in [0.29, 0.717) is 26.2 Å². The minimum absolute atomic E-state index is 0. The number of halogens is 2. The van der Waals surface area contributed by atoms with Crippen LogP contribution in [0.15, 0.2) is 0 Å². The molecule has 0 aromatic carbocycles. The van der Waals surface area contributed by atoms with Crippen LogP contribution < -0.4 is 10.0 Å². The summed E-state index contributed by atoms with van der Waals surface area (Å²) in [6.45, 7) is 1.53. The molecule has 0 aromatic rings. The van der Waals surface area contributed by atoms with E-state index in [9.17, 15) is 12.8 Å². The number of sulfonamides is 1. The van der Waals surface area contributed by atoms with Gasteiger partial charge in [-0.15, -0.1) is 12.4 Å². The van der Waals surface area contributed by atoms with Crippen molar-refractivity contribution in [3.8, 4) is 0 Å². The molecule has 0 aromatic heterocycles. The van der Waals surface area contributed by atoms with Crippen molar-refractivity contribution in [3.05, 3.63) is 0 Å². The van der Waals surface area contributed by atoms with E-state index in [0.717, 1.165) is 0 Å². The quantitative estimate of drug-likeness (QED) is 0.549. The number of alkyl halides is 1. The van der Waals surface area contributed by atoms with Crippen LogP contribution in [-0.2, 0) is 14.8 Å². The molecule has 0 amide bonds. The van der Waals surface area contributed by atoms with E-state index in [1.807, 2.05) is 0 Å². The average molecular weight is 279 g/mol. The highest BCUT2D eigenvalue weighted by molar-refractivity contribution is 7.89. The van der Waals surface area contributed by atoms with Gasteiger partial charge in [-0.25, -0.2) is 13.1 Å². The molecule has 0 heterocycles. The summed E-state index contributed by atoms with van der Waals surface area (Å²) >= 11 is 0. The highest BCUT2D eigenvalue weighted by Gasteiger charge is 2.07. The Labute approximate surface area is 103 Å². The van der Waals surface area contributed by atoms with E-state index in [4.69, 9.17) is 4.74 Å². The van der Waals surface area contributed by atoms with Gasteiger partial charge < -0.3 is 10.1 Å². The standard InChI is InChI=1S/C8H19FN2O3S.ClH/c1-14-7-6-10-4-5-11-15(12,13)8-2-3-9;/h10-11H,2-8H2,1H3;1H. The highest BCUT2D eigenvalue weighted by atomic mass is 35.5. The normalized spacial score (nSPS) is 11.1. The van der Waals surface area contributed by atoms with Crippen LogP contribution >= 0.6 is 12.4 Å². The van der Waals surface area contributed by atoms with Gasteiger partial charge in [0, 0.05) is 26.7 Å². The van der Waals surface area contributed by atoms with Crippen LogP contribution in [-0.4, -0.2) is 54.2 Å². The molecule has 0 aliphatic rings. The van der Waals surface area contributed by atoms with E-state index in [-0.39, 0.29) is 24.6 Å². The third-order valence-corrected chi connectivity index (χ3v) is 3.12. The molecular weight excluding hydrogens is 259 g/mol. The molecule has 5 nitrogen and oxygen atoms in total. The fourth-order valence-electron chi connectivity index (χ4n) is 0.911. The Morgan fingerprint density at radius 3 is 2.50 bits per heavy atom. The number of nitrogens with one attached hydrogen (secondary N) is 2. The first-order valence-corrected chi connectivity index (χ1v) is 6.50. The molecule has 0 aliphatic carbocycles. The zero-order valence-corrected chi connectivity index (χ0v) is 11.0. The monoisotopic (exact) mass is 278 g/mol. The summed E-state index contributed by atoms with van der Waals surface area (Å²) in [6.07, 6.45) is 0.0481. The Balaban J connectivity index is 0. The number of hydrogen-bond acceptors (Lipinski definition) is 4. The number of methoxy groups -OCH3 is 1. The van der Waals surface area contributed by atoms with Crippen LogP contribution in [0.3, 0.4) is 0 Å². The van der Waals surface area contributed by atoms with Crippen LogP contribution in [0, 0.1) is 0 Å². The van der Waals surface area contributed by atoms with E-state index in [1.165, 1.54) is 0 Å². The Kier molecular flexibility index (Phi) is 13.3. The van der Waals surface area contributed by atoms with Gasteiger partial charge in [0.05, 0.1) is 19.0 Å². The molecule has 0 saturated carbocycles. The first kappa shape index (κ1) is 18.4. The lowest BCUT2D eigenvalue weighted by atomic mass is 10.6. The first-order valence-electron chi connectivity index (χ1n) is 4.85. The molecule has 0 atom stereocenters. The molecule has 0 spiro atoms. The third kappa shape index (κ3) is 12.1. The summed E-state index contributed by atoms with van der Waals surface area (Å²) in [5, 5.41) is 2.99. The number of ether oxygens (including phenoxy) is 1. The summed E-state index contributed by atoms with van der Waals surface area (Å²) in [4.78, 5) is 0. The second-order valence-corrected chi connectivity index (χ2v) is 4.92. The van der Waals surface area contributed by atoms with Crippen LogP contribution in [0.1, 0.15) is 6.42 Å². The molecule has 0 bridgehead atoms. The minimum Gasteiger partial charge on any atom is -0.383 e. The predicted molar refractivity (Wildman–Crippen MR) is 64.4 cm³/mol. The van der Waals surface area contributed by atoms with Gasteiger partial charge in [0.1, 0.15) is 0 Å². The van der Waals surface area contributed by atoms with Gasteiger partial charge in [-0.2, -0.15) is 0 Å². The maximum absolute atomic E-state index is 11.7. The van der Waals surface area contributed by atoms with Crippen molar-refractivity contribution >= 4 is 22.4 Å². The highest BCUT2D eigenvalue weighted by Crippen LogP contribution is 1.89. The van der Waals surface area contributed by atoms with Crippen molar-refractivity contribution < 1.29 is 17.5 Å². The fraction of sp³-hybridized carbons (Fsp3) is 1.00. The Hall–Kier alpha value is 0.0500. The minimum atomic E-state index is -3.30. The van der Waals surface area contributed by atoms with E-state index >= 15 is 0 Å². The molecule has 0 rings (SSSR count). The average Bonchev–Trinajstić information content (AvgIpc) is 2.20. The van der Waals surface area contributed by atoms with Crippen LogP contribution in [0.25, 0.3) is 0 Å². The SMILES string of the molecule is COCCNCCNS(=O)(=O)CCCF.Cl. The molecular formula is C8H20ClFN2O3S. The van der Waals surface area contributed by atoms with Gasteiger partial charge in [0.2, 0.25) is 10.0 Å². The lowest BCUT2D eigenvalue weighted by Crippen LogP contribution is -2.34. The number of rotatable bonds is 10. The zero-order valence-electron chi connectivity index (χ0n) is 9.37. The molecule has 0 saturated heterocycles. The number of hydrogen-bond donors (Lipinski definition) is 2. The van der Waals surface area contributed by atoms with E-state index < -0.39 is 16.7 Å². The van der Waals surface area contributed by atoms with Crippen molar-refractivity contribution in [1.82, 2.24) is 10.0 Å². The van der Waals surface area contributed by atoms with Crippen LogP contribution in [0.4, 0.5) is 4.39 Å². The molecule has 0 unspecified atom stereocenters. The summed E-state index contributed by atoms with van der Waals surface area (Å²) in [7, 11) is -1.70. The summed E-state index contributed by atoms with van der Waals surface area (Å²) < 4.78 is 41.2. The molecule has 2 N–H and O–H groups in total. The smallest absolute Gasteiger partial charge is 0.211 e. The lowest BCUT2D eigenvalue weighted by molar-refractivity contribution is 0.199. The largest absolute Gasteiger partial charge is 0.383 e. The molecule has 8 heteroatoms. The second kappa shape index (κ2) is 11.5. The van der Waals surface area contributed by atoms with Gasteiger partial charge in [-0.05, 0) is 6.42 Å². The van der Waals surface area contributed by atoms with Crippen molar-refractivity contribution in [1.29, 1.82) is 0 Å². The van der Waals surface area contributed by atoms with E-state index in [1.54, 1.807) is 7.11 Å². The third-order valence-electron chi connectivity index (χ3n) is 1.65. The van der Waals surface area contributed by atoms with Gasteiger partial charge in [-0.3, -0.25) is 4.39 Å². The lowest BCUT2D eigenvalue weighted by Gasteiger charge is -2.06. The molecule has 100 valence electrons. The first-order chi connectivity index (χ1) is 7.12. The van der Waals surface area contributed by atoms with E-state index in [2.05, 4.69) is 10.0 Å². The Morgan fingerprint density at radius 2 is 1.94 bits per heavy atom. The zero-order chi connectivity index (χ0) is 11.6. The van der Waals surface area contributed by atoms with Crippen LogP contribution in [0.5, 0.6) is 0 Å². The molecule has 0 fully saturated rings. The van der Waals surface area contributed by atoms with Gasteiger partial charge in [-0.1, -0.05) is 0 Å². The molecule has 16 heavy (non-hydrogen) atoms. The Bertz CT molecular complexity index is 239. The van der Waals surface area contributed by atoms with Crippen molar-refractivity contribution in [2.24, 2.45) is 0 Å². The van der Waals surface area contributed by atoms with Crippen molar-refractivity contribution in [2.75, 3.05) is 45.8 Å². The second-order valence-electron chi connectivity index (χ2n) is 3.00. The Morgan fingerprint density at radius 1 is 1.25 bits per heavy atom. The maximum atomic E-state index is 11.7. The summed E-state index contributed by atoms with van der Waals surface area (Å²) in [6, 6.07) is 0. The van der Waals surface area contributed by atoms with Crippen LogP contribution in [0.2, 0.25) is 0 Å². The topological polar surface area (TPSA) is 67.4 Å². The van der Waals surface area contributed by atoms with Crippen molar-refractivity contribution in [2.45, 2.75) is 6.42 Å². The van der Waals surface area contributed by atoms with Crippen molar-refractivity contribution in [3.63, 3.8) is 0 Å². The van der Waals surface area contributed by atoms with Gasteiger partial charge >= 0.3 is 0 Å². The molecule has 0 aliphatic heterocycles. The summed E-state index contributed by atoms with van der Waals surface area (Å²) in [5.74, 6) is -0.151. The summed E-state index contributed by atoms with van der Waals surface area (Å²) in [5.41, 5.74) is 0. The maximum Gasteiger partial charge on any atom is 0.211 e. The molecule has 0 radical (unpaired) electrons. The predicted octanol–water partition coefficient (Wildman–Crippen LogP) is -0.0768. The van der Waals surface area contributed by atoms with Gasteiger partial charge in [0.25, 0.3) is 0 Å².